The predicted molar refractivity (Wildman–Crippen MR) is 97.5 cm³/mol. The fraction of sp³-hybridized carbons (Fsp3) is 0.579. The molecule has 0 saturated heterocycles. The number of aromatic hydroxyl groups is 1. The normalized spacial score (nSPS) is 12.3. The topological polar surface area (TPSA) is 87.7 Å². The van der Waals surface area contributed by atoms with E-state index < -0.39 is 17.7 Å². The Labute approximate surface area is 150 Å². The Morgan fingerprint density at radius 3 is 2.36 bits per heavy atom. The predicted octanol–water partition coefficient (Wildman–Crippen LogP) is 3.13. The second-order valence-corrected chi connectivity index (χ2v) is 7.07. The molecule has 1 aromatic rings. The van der Waals surface area contributed by atoms with Gasteiger partial charge in [0.2, 0.25) is 5.91 Å². The zero-order chi connectivity index (χ0) is 18.9. The Bertz CT molecular complexity index is 550. The summed E-state index contributed by atoms with van der Waals surface area (Å²) < 4.78 is 5.25. The van der Waals surface area contributed by atoms with Crippen LogP contribution >= 0.6 is 0 Å². The molecule has 0 aliphatic carbocycles. The molecule has 25 heavy (non-hydrogen) atoms. The fourth-order valence-electron chi connectivity index (χ4n) is 2.24. The lowest BCUT2D eigenvalue weighted by Crippen LogP contribution is -2.49. The van der Waals surface area contributed by atoms with Crippen LogP contribution in [-0.2, 0) is 16.0 Å². The number of carbonyl (C=O) groups is 2. The van der Waals surface area contributed by atoms with Gasteiger partial charge in [-0.25, -0.2) is 4.79 Å². The maximum atomic E-state index is 12.4. The minimum atomic E-state index is -0.735. The number of hydrogen-bond donors (Lipinski definition) is 3. The summed E-state index contributed by atoms with van der Waals surface area (Å²) in [6.45, 7) is 7.99. The third-order valence-electron chi connectivity index (χ3n) is 3.46. The molecule has 2 amide bonds. The molecule has 1 rings (SSSR count). The number of amides is 2. The molecule has 140 valence electrons. The molecule has 0 heterocycles. The monoisotopic (exact) mass is 350 g/mol. The lowest BCUT2D eigenvalue weighted by atomic mass is 10.0. The second kappa shape index (κ2) is 9.91. The van der Waals surface area contributed by atoms with Crippen LogP contribution in [-0.4, -0.2) is 35.3 Å². The van der Waals surface area contributed by atoms with Crippen molar-refractivity contribution in [2.45, 2.75) is 65.0 Å². The quantitative estimate of drug-likeness (QED) is 0.629. The number of phenols is 1. The number of carbonyl (C=O) groups excluding carboxylic acids is 2. The van der Waals surface area contributed by atoms with E-state index in [-0.39, 0.29) is 11.7 Å². The zero-order valence-corrected chi connectivity index (χ0v) is 15.6. The van der Waals surface area contributed by atoms with Crippen molar-refractivity contribution in [2.24, 2.45) is 0 Å². The van der Waals surface area contributed by atoms with Crippen molar-refractivity contribution < 1.29 is 19.4 Å². The number of unbranched alkanes of at least 4 members (excludes halogenated alkanes) is 2. The van der Waals surface area contributed by atoms with Gasteiger partial charge in [-0.1, -0.05) is 31.9 Å². The average Bonchev–Trinajstić information content (AvgIpc) is 2.51. The van der Waals surface area contributed by atoms with Crippen LogP contribution in [0.25, 0.3) is 0 Å². The third-order valence-corrected chi connectivity index (χ3v) is 3.46. The molecular weight excluding hydrogens is 320 g/mol. The Hall–Kier alpha value is -2.24. The smallest absolute Gasteiger partial charge is 0.408 e. The molecule has 3 N–H and O–H groups in total. The van der Waals surface area contributed by atoms with E-state index in [1.807, 2.05) is 0 Å². The molecular formula is C19H30N2O4. The summed E-state index contributed by atoms with van der Waals surface area (Å²) in [6, 6.07) is 5.83. The van der Waals surface area contributed by atoms with Crippen molar-refractivity contribution in [1.82, 2.24) is 10.6 Å². The van der Waals surface area contributed by atoms with Crippen molar-refractivity contribution in [3.8, 4) is 5.75 Å². The number of benzene rings is 1. The van der Waals surface area contributed by atoms with Crippen molar-refractivity contribution in [3.63, 3.8) is 0 Å². The lowest BCUT2D eigenvalue weighted by Gasteiger charge is -2.23. The van der Waals surface area contributed by atoms with E-state index in [1.165, 1.54) is 0 Å². The van der Waals surface area contributed by atoms with Crippen LogP contribution in [0.15, 0.2) is 24.3 Å². The van der Waals surface area contributed by atoms with Crippen LogP contribution in [0.5, 0.6) is 5.75 Å². The summed E-state index contributed by atoms with van der Waals surface area (Å²) in [5.41, 5.74) is 0.202. The first-order chi connectivity index (χ1) is 11.7. The van der Waals surface area contributed by atoms with E-state index in [1.54, 1.807) is 45.0 Å². The van der Waals surface area contributed by atoms with Gasteiger partial charge in [0.05, 0.1) is 0 Å². The first-order valence-electron chi connectivity index (χ1n) is 8.76. The highest BCUT2D eigenvalue weighted by molar-refractivity contribution is 5.86. The molecule has 0 fully saturated rings. The molecule has 0 saturated carbocycles. The molecule has 1 atom stereocenters. The van der Waals surface area contributed by atoms with E-state index >= 15 is 0 Å². The highest BCUT2D eigenvalue weighted by Crippen LogP contribution is 2.12. The lowest BCUT2D eigenvalue weighted by molar-refractivity contribution is -0.123. The molecule has 0 aromatic heterocycles. The van der Waals surface area contributed by atoms with E-state index in [0.29, 0.717) is 13.0 Å². The minimum Gasteiger partial charge on any atom is -0.508 e. The summed E-state index contributed by atoms with van der Waals surface area (Å²) >= 11 is 0. The Balaban J connectivity index is 2.72. The number of rotatable bonds is 8. The highest BCUT2D eigenvalue weighted by atomic mass is 16.6. The van der Waals surface area contributed by atoms with Gasteiger partial charge in [-0.3, -0.25) is 4.79 Å². The van der Waals surface area contributed by atoms with Gasteiger partial charge < -0.3 is 20.5 Å². The third kappa shape index (κ3) is 8.98. The summed E-state index contributed by atoms with van der Waals surface area (Å²) in [7, 11) is 0. The fourth-order valence-corrected chi connectivity index (χ4v) is 2.24. The highest BCUT2D eigenvalue weighted by Gasteiger charge is 2.24. The first-order valence-corrected chi connectivity index (χ1v) is 8.76. The Morgan fingerprint density at radius 1 is 1.16 bits per heavy atom. The van der Waals surface area contributed by atoms with Crippen LogP contribution in [0, 0.1) is 0 Å². The molecule has 0 spiro atoms. The molecule has 0 aliphatic rings. The molecule has 6 heteroatoms. The maximum Gasteiger partial charge on any atom is 0.408 e. The zero-order valence-electron chi connectivity index (χ0n) is 15.6. The summed E-state index contributed by atoms with van der Waals surface area (Å²) in [4.78, 5) is 24.5. The maximum absolute atomic E-state index is 12.4. The van der Waals surface area contributed by atoms with Gasteiger partial charge in [0.1, 0.15) is 17.4 Å². The summed E-state index contributed by atoms with van der Waals surface area (Å²) in [5, 5.41) is 14.9. The molecule has 0 aliphatic heterocycles. The van der Waals surface area contributed by atoms with Crippen LogP contribution in [0.4, 0.5) is 4.79 Å². The molecule has 0 bridgehead atoms. The van der Waals surface area contributed by atoms with E-state index in [2.05, 4.69) is 17.6 Å². The van der Waals surface area contributed by atoms with Gasteiger partial charge in [-0.2, -0.15) is 0 Å². The number of alkyl carbamates (subject to hydrolysis) is 1. The summed E-state index contributed by atoms with van der Waals surface area (Å²) in [5.74, 6) is -0.0838. The molecule has 1 unspecified atom stereocenters. The number of phenolic OH excluding ortho intramolecular Hbond substituents is 1. The van der Waals surface area contributed by atoms with Crippen LogP contribution in [0.2, 0.25) is 0 Å². The van der Waals surface area contributed by atoms with Gasteiger partial charge in [0.15, 0.2) is 0 Å². The number of hydrogen-bond acceptors (Lipinski definition) is 4. The Morgan fingerprint density at radius 2 is 1.80 bits per heavy atom. The van der Waals surface area contributed by atoms with Crippen LogP contribution in [0.3, 0.4) is 0 Å². The Kier molecular flexibility index (Phi) is 8.25. The first kappa shape index (κ1) is 20.8. The van der Waals surface area contributed by atoms with Gasteiger partial charge in [0.25, 0.3) is 0 Å². The van der Waals surface area contributed by atoms with Crippen molar-refractivity contribution in [3.05, 3.63) is 29.8 Å². The van der Waals surface area contributed by atoms with E-state index in [9.17, 15) is 14.7 Å². The molecule has 6 nitrogen and oxygen atoms in total. The van der Waals surface area contributed by atoms with Gasteiger partial charge in [-0.05, 0) is 44.9 Å². The van der Waals surface area contributed by atoms with Crippen LogP contribution in [0.1, 0.15) is 52.5 Å². The average molecular weight is 350 g/mol. The van der Waals surface area contributed by atoms with Crippen molar-refractivity contribution >= 4 is 12.0 Å². The minimum absolute atomic E-state index is 0.157. The van der Waals surface area contributed by atoms with Crippen molar-refractivity contribution in [2.75, 3.05) is 6.54 Å². The summed E-state index contributed by atoms with van der Waals surface area (Å²) in [6.07, 6.45) is 2.71. The van der Waals surface area contributed by atoms with E-state index in [0.717, 1.165) is 24.8 Å². The van der Waals surface area contributed by atoms with Crippen LogP contribution < -0.4 is 10.6 Å². The number of nitrogens with one attached hydrogen (secondary N) is 2. The SMILES string of the molecule is CCCCCNC(=O)C(Cc1ccc(O)cc1)NC(=O)OC(C)(C)C. The van der Waals surface area contributed by atoms with Crippen molar-refractivity contribution in [1.29, 1.82) is 0 Å². The standard InChI is InChI=1S/C19H30N2O4/c1-5-6-7-12-20-17(23)16(21-18(24)25-19(2,3)4)13-14-8-10-15(22)11-9-14/h8-11,16,22H,5-7,12-13H2,1-4H3,(H,20,23)(H,21,24). The van der Waals surface area contributed by atoms with E-state index in [4.69, 9.17) is 4.74 Å². The van der Waals surface area contributed by atoms with Gasteiger partial charge in [-0.15, -0.1) is 0 Å². The number of ether oxygens (including phenoxy) is 1. The molecule has 1 aromatic carbocycles. The van der Waals surface area contributed by atoms with Gasteiger partial charge >= 0.3 is 6.09 Å². The largest absolute Gasteiger partial charge is 0.508 e. The molecule has 0 radical (unpaired) electrons. The van der Waals surface area contributed by atoms with Gasteiger partial charge in [0, 0.05) is 13.0 Å². The second-order valence-electron chi connectivity index (χ2n) is 7.07.